The van der Waals surface area contributed by atoms with Crippen LogP contribution in [0.1, 0.15) is 10.6 Å². The van der Waals surface area contributed by atoms with Crippen molar-refractivity contribution in [3.05, 3.63) is 83.1 Å². The smallest absolute Gasteiger partial charge is 0.263 e. The van der Waals surface area contributed by atoms with Gasteiger partial charge >= 0.3 is 0 Å². The number of nitrogens with two attached hydrogens (primary N) is 1. The summed E-state index contributed by atoms with van der Waals surface area (Å²) in [7, 11) is 7.47. The van der Waals surface area contributed by atoms with E-state index in [1.807, 2.05) is 42.3 Å². The maximum atomic E-state index is 6.31. The number of para-hydroxylation sites is 1. The van der Waals surface area contributed by atoms with Crippen LogP contribution in [-0.4, -0.2) is 21.3 Å². The number of ether oxygens (including phenoxy) is 2. The zero-order chi connectivity index (χ0) is 23.1. The third-order valence-electron chi connectivity index (χ3n) is 6.13. The molecule has 1 aliphatic heterocycles. The van der Waals surface area contributed by atoms with E-state index < -0.39 is 0 Å². The van der Waals surface area contributed by atoms with Crippen LogP contribution in [0.25, 0.3) is 33.0 Å². The summed E-state index contributed by atoms with van der Waals surface area (Å²) in [5, 5.41) is 1.15. The molecule has 0 unspecified atom stereocenters. The van der Waals surface area contributed by atoms with Gasteiger partial charge in [0.2, 0.25) is 5.52 Å². The minimum atomic E-state index is 0.731. The summed E-state index contributed by atoms with van der Waals surface area (Å²) in [6.45, 7) is 0. The fourth-order valence-corrected chi connectivity index (χ4v) is 5.47. The highest BCUT2D eigenvalue weighted by Crippen LogP contribution is 2.40. The second kappa shape index (κ2) is 8.30. The zero-order valence-electron chi connectivity index (χ0n) is 19.1. The topological polar surface area (TPSA) is 51.6 Å². The van der Waals surface area contributed by atoms with Gasteiger partial charge in [-0.15, -0.1) is 0 Å². The number of nitrogens with zero attached hydrogens (tertiary/aromatic N) is 2. The van der Waals surface area contributed by atoms with Gasteiger partial charge in [-0.3, -0.25) is 0 Å². The van der Waals surface area contributed by atoms with Gasteiger partial charge in [0.1, 0.15) is 29.1 Å². The lowest BCUT2D eigenvalue weighted by Gasteiger charge is -2.27. The van der Waals surface area contributed by atoms with Crippen molar-refractivity contribution in [3.63, 3.8) is 0 Å². The van der Waals surface area contributed by atoms with Crippen LogP contribution in [0.15, 0.2) is 72.6 Å². The first-order valence-electron chi connectivity index (χ1n) is 10.7. The summed E-state index contributed by atoms with van der Waals surface area (Å²) < 4.78 is 14.7. The lowest BCUT2D eigenvalue weighted by molar-refractivity contribution is -0.642. The highest BCUT2D eigenvalue weighted by Gasteiger charge is 2.22. The lowest BCUT2D eigenvalue weighted by atomic mass is 9.99. The molecule has 1 aromatic heterocycles. The predicted molar refractivity (Wildman–Crippen MR) is 137 cm³/mol. The summed E-state index contributed by atoms with van der Waals surface area (Å²) in [6.07, 6.45) is 4.25. The molecule has 0 saturated carbocycles. The summed E-state index contributed by atoms with van der Waals surface area (Å²) in [5.74, 6) is 2.32. The Hall–Kier alpha value is -3.77. The molecule has 5 rings (SSSR count). The van der Waals surface area contributed by atoms with E-state index in [1.165, 1.54) is 15.8 Å². The Morgan fingerprint density at radius 1 is 0.970 bits per heavy atom. The van der Waals surface area contributed by atoms with Crippen LogP contribution in [-0.2, 0) is 7.05 Å². The standard InChI is InChI=1S/C27H25N3O2S/c1-29-20-9-6-5-8-19(20)18(15-25(29)28)16-26-30(2)21-13-12-17(14-24(21)33-26)27-22(31-3)10-7-11-23(27)32-4/h5-16,28H,1-4H3/p+1. The van der Waals surface area contributed by atoms with Crippen LogP contribution in [0.4, 0.5) is 5.69 Å². The second-order valence-electron chi connectivity index (χ2n) is 7.96. The van der Waals surface area contributed by atoms with E-state index in [9.17, 15) is 0 Å². The summed E-state index contributed by atoms with van der Waals surface area (Å²) in [4.78, 5) is 2.02. The Labute approximate surface area is 197 Å². The fraction of sp³-hybridized carbons (Fsp3) is 0.148. The van der Waals surface area contributed by atoms with Gasteiger partial charge in [0.05, 0.1) is 19.8 Å². The molecule has 0 bridgehead atoms. The van der Waals surface area contributed by atoms with Crippen LogP contribution >= 0.6 is 11.3 Å². The van der Waals surface area contributed by atoms with Crippen molar-refractivity contribution in [2.45, 2.75) is 0 Å². The fourth-order valence-electron chi connectivity index (χ4n) is 4.33. The van der Waals surface area contributed by atoms with Crippen LogP contribution in [0, 0.1) is 0 Å². The highest BCUT2D eigenvalue weighted by atomic mass is 32.1. The molecule has 166 valence electrons. The highest BCUT2D eigenvalue weighted by molar-refractivity contribution is 7.19. The SMILES string of the molecule is COc1cccc(OC)c1-c1ccc2c(c1)sc(C=C1C=C(N)N(C)c3ccccc31)[n+]2C. The number of rotatable bonds is 4. The number of hydrogen-bond donors (Lipinski definition) is 1. The third kappa shape index (κ3) is 3.52. The Morgan fingerprint density at radius 3 is 2.42 bits per heavy atom. The molecule has 0 fully saturated rings. The van der Waals surface area contributed by atoms with Gasteiger partial charge in [-0.2, -0.15) is 4.57 Å². The molecule has 2 heterocycles. The molecule has 0 aliphatic carbocycles. The van der Waals surface area contributed by atoms with Crippen LogP contribution < -0.4 is 24.7 Å². The number of fused-ring (bicyclic) bond motifs is 2. The number of aryl methyl sites for hydroxylation is 1. The van der Waals surface area contributed by atoms with E-state index in [-0.39, 0.29) is 0 Å². The maximum absolute atomic E-state index is 6.31. The van der Waals surface area contributed by atoms with E-state index in [1.54, 1.807) is 25.6 Å². The van der Waals surface area contributed by atoms with Crippen molar-refractivity contribution in [2.75, 3.05) is 26.2 Å². The normalized spacial score (nSPS) is 14.4. The molecule has 0 saturated heterocycles. The maximum Gasteiger partial charge on any atom is 0.263 e. The van der Waals surface area contributed by atoms with Crippen LogP contribution in [0.2, 0.25) is 0 Å². The molecule has 6 heteroatoms. The number of hydrogen-bond acceptors (Lipinski definition) is 5. The number of allylic oxidation sites excluding steroid dienone is 2. The molecule has 0 spiro atoms. The van der Waals surface area contributed by atoms with Gasteiger partial charge < -0.3 is 20.1 Å². The van der Waals surface area contributed by atoms with Crippen LogP contribution in [0.5, 0.6) is 11.5 Å². The summed E-state index contributed by atoms with van der Waals surface area (Å²) in [5.41, 5.74) is 12.9. The second-order valence-corrected chi connectivity index (χ2v) is 9.03. The molecule has 0 atom stereocenters. The minimum Gasteiger partial charge on any atom is -0.496 e. The number of aromatic nitrogens is 1. The third-order valence-corrected chi connectivity index (χ3v) is 7.28. The van der Waals surface area contributed by atoms with E-state index in [4.69, 9.17) is 15.2 Å². The van der Waals surface area contributed by atoms with Crippen molar-refractivity contribution >= 4 is 38.9 Å². The van der Waals surface area contributed by atoms with Gasteiger partial charge in [-0.05, 0) is 47.5 Å². The Bertz CT molecular complexity index is 1410. The molecule has 33 heavy (non-hydrogen) atoms. The number of anilines is 1. The van der Waals surface area contributed by atoms with E-state index in [0.29, 0.717) is 0 Å². The van der Waals surface area contributed by atoms with Crippen molar-refractivity contribution in [3.8, 4) is 22.6 Å². The number of methoxy groups -OCH3 is 2. The van der Waals surface area contributed by atoms with Crippen LogP contribution in [0.3, 0.4) is 0 Å². The monoisotopic (exact) mass is 456 g/mol. The molecule has 1 aliphatic rings. The molecule has 0 radical (unpaired) electrons. The molecule has 3 aromatic carbocycles. The van der Waals surface area contributed by atoms with Gasteiger partial charge in [-0.25, -0.2) is 0 Å². The van der Waals surface area contributed by atoms with E-state index in [2.05, 4.69) is 54.1 Å². The Kier molecular flexibility index (Phi) is 5.30. The molecule has 2 N–H and O–H groups in total. The lowest BCUT2D eigenvalue weighted by Crippen LogP contribution is -2.29. The Balaban J connectivity index is 1.64. The number of benzene rings is 3. The first-order valence-corrected chi connectivity index (χ1v) is 11.5. The largest absolute Gasteiger partial charge is 0.496 e. The molecule has 5 nitrogen and oxygen atoms in total. The van der Waals surface area contributed by atoms with Crippen molar-refractivity contribution < 1.29 is 14.0 Å². The average molecular weight is 457 g/mol. The first kappa shape index (κ1) is 21.1. The zero-order valence-corrected chi connectivity index (χ0v) is 19.9. The van der Waals surface area contributed by atoms with E-state index in [0.717, 1.165) is 44.7 Å². The van der Waals surface area contributed by atoms with Gasteiger partial charge in [0.25, 0.3) is 5.01 Å². The average Bonchev–Trinajstić information content (AvgIpc) is 3.16. The number of thiazole rings is 1. The first-order chi connectivity index (χ1) is 16.0. The minimum absolute atomic E-state index is 0.731. The van der Waals surface area contributed by atoms with Gasteiger partial charge in [0.15, 0.2) is 0 Å². The van der Waals surface area contributed by atoms with Crippen molar-refractivity contribution in [2.24, 2.45) is 12.8 Å². The summed E-state index contributed by atoms with van der Waals surface area (Å²) in [6, 6.07) is 20.7. The van der Waals surface area contributed by atoms with Gasteiger partial charge in [0, 0.05) is 30.4 Å². The molecular weight excluding hydrogens is 430 g/mol. The molecular formula is C27H26N3O2S+. The molecule has 0 amide bonds. The quantitative estimate of drug-likeness (QED) is 0.429. The van der Waals surface area contributed by atoms with Crippen molar-refractivity contribution in [1.82, 2.24) is 0 Å². The predicted octanol–water partition coefficient (Wildman–Crippen LogP) is 5.20. The summed E-state index contributed by atoms with van der Waals surface area (Å²) >= 11 is 1.75. The Morgan fingerprint density at radius 2 is 1.70 bits per heavy atom. The van der Waals surface area contributed by atoms with Gasteiger partial charge in [-0.1, -0.05) is 35.6 Å². The van der Waals surface area contributed by atoms with E-state index >= 15 is 0 Å². The van der Waals surface area contributed by atoms with Crippen molar-refractivity contribution in [1.29, 1.82) is 0 Å². The molecule has 4 aromatic rings.